The van der Waals surface area contributed by atoms with Crippen LogP contribution in [0.4, 0.5) is 0 Å². The number of benzene rings is 2. The summed E-state index contributed by atoms with van der Waals surface area (Å²) >= 11 is 1.74. The van der Waals surface area contributed by atoms with Crippen molar-refractivity contribution in [3.05, 3.63) is 65.7 Å². The molecule has 2 nitrogen and oxygen atoms in total. The Morgan fingerprint density at radius 2 is 1.65 bits per heavy atom. The van der Waals surface area contributed by atoms with E-state index in [0.717, 1.165) is 5.56 Å². The van der Waals surface area contributed by atoms with Gasteiger partial charge in [-0.2, -0.15) is 0 Å². The molecule has 2 unspecified atom stereocenters. The molecule has 0 saturated carbocycles. The average molecular weight is 287 g/mol. The van der Waals surface area contributed by atoms with E-state index in [-0.39, 0.29) is 18.7 Å². The summed E-state index contributed by atoms with van der Waals surface area (Å²) in [5.41, 5.74) is 2.35. The van der Waals surface area contributed by atoms with E-state index in [0.29, 0.717) is 0 Å². The Bertz CT molecular complexity index is 512. The number of hydrogen-bond donors (Lipinski definition) is 2. The minimum Gasteiger partial charge on any atom is -0.394 e. The van der Waals surface area contributed by atoms with E-state index in [1.54, 1.807) is 11.8 Å². The standard InChI is InChI=1S/C17H21NOS/c1-13(14-8-10-16(20-2)11-9-14)18-17(12-19)15-6-4-3-5-7-15/h3-11,13,17-19H,12H2,1-2H3. The molecule has 2 atom stereocenters. The van der Waals surface area contributed by atoms with Gasteiger partial charge in [-0.1, -0.05) is 42.5 Å². The van der Waals surface area contributed by atoms with Crippen LogP contribution in [0.2, 0.25) is 0 Å². The monoisotopic (exact) mass is 287 g/mol. The zero-order valence-corrected chi connectivity index (χ0v) is 12.7. The highest BCUT2D eigenvalue weighted by Crippen LogP contribution is 2.22. The fourth-order valence-electron chi connectivity index (χ4n) is 2.23. The second-order valence-electron chi connectivity index (χ2n) is 4.81. The van der Waals surface area contributed by atoms with Crippen molar-refractivity contribution in [3.63, 3.8) is 0 Å². The lowest BCUT2D eigenvalue weighted by molar-refractivity contribution is 0.235. The van der Waals surface area contributed by atoms with Gasteiger partial charge in [-0.25, -0.2) is 0 Å². The number of nitrogens with one attached hydrogen (secondary N) is 1. The van der Waals surface area contributed by atoms with E-state index in [2.05, 4.69) is 42.8 Å². The molecule has 0 amide bonds. The zero-order valence-electron chi connectivity index (χ0n) is 11.9. The van der Waals surface area contributed by atoms with Crippen LogP contribution in [0.3, 0.4) is 0 Å². The Labute approximate surface area is 125 Å². The van der Waals surface area contributed by atoms with E-state index < -0.39 is 0 Å². The molecule has 0 aliphatic rings. The van der Waals surface area contributed by atoms with Gasteiger partial charge in [-0.3, -0.25) is 0 Å². The maximum atomic E-state index is 9.59. The van der Waals surface area contributed by atoms with Crippen LogP contribution >= 0.6 is 11.8 Å². The first-order valence-corrected chi connectivity index (χ1v) is 8.03. The van der Waals surface area contributed by atoms with Gasteiger partial charge in [0.05, 0.1) is 12.6 Å². The highest BCUT2D eigenvalue weighted by Gasteiger charge is 2.14. The highest BCUT2D eigenvalue weighted by atomic mass is 32.2. The Morgan fingerprint density at radius 1 is 1.00 bits per heavy atom. The fourth-order valence-corrected chi connectivity index (χ4v) is 2.64. The summed E-state index contributed by atoms with van der Waals surface area (Å²) < 4.78 is 0. The molecule has 0 spiro atoms. The normalized spacial score (nSPS) is 13.9. The smallest absolute Gasteiger partial charge is 0.0626 e. The number of rotatable bonds is 6. The van der Waals surface area contributed by atoms with Crippen LogP contribution in [0.1, 0.15) is 30.1 Å². The summed E-state index contributed by atoms with van der Waals surface area (Å²) in [5, 5.41) is 13.1. The predicted octanol–water partition coefficient (Wildman–Crippen LogP) is 3.79. The summed E-state index contributed by atoms with van der Waals surface area (Å²) in [6, 6.07) is 18.8. The molecule has 0 radical (unpaired) electrons. The molecule has 0 heterocycles. The van der Waals surface area contributed by atoms with E-state index in [1.807, 2.05) is 30.3 Å². The van der Waals surface area contributed by atoms with Gasteiger partial charge in [0.2, 0.25) is 0 Å². The molecule has 3 heteroatoms. The minimum absolute atomic E-state index is 0.0357. The Morgan fingerprint density at radius 3 is 2.20 bits per heavy atom. The van der Waals surface area contributed by atoms with Crippen LogP contribution in [0, 0.1) is 0 Å². The van der Waals surface area contributed by atoms with Crippen LogP contribution in [0.5, 0.6) is 0 Å². The average Bonchev–Trinajstić information content (AvgIpc) is 2.53. The first kappa shape index (κ1) is 15.1. The molecular formula is C17H21NOS. The first-order valence-electron chi connectivity index (χ1n) is 6.80. The van der Waals surface area contributed by atoms with Gasteiger partial charge in [-0.05, 0) is 36.4 Å². The topological polar surface area (TPSA) is 32.3 Å². The number of aliphatic hydroxyl groups is 1. The molecule has 0 aliphatic heterocycles. The van der Waals surface area contributed by atoms with Crippen LogP contribution in [-0.2, 0) is 0 Å². The van der Waals surface area contributed by atoms with Crippen LogP contribution in [0.15, 0.2) is 59.5 Å². The second kappa shape index (κ2) is 7.48. The molecule has 106 valence electrons. The molecule has 20 heavy (non-hydrogen) atoms. The van der Waals surface area contributed by atoms with Gasteiger partial charge in [0.1, 0.15) is 0 Å². The van der Waals surface area contributed by atoms with Crippen molar-refractivity contribution in [2.24, 2.45) is 0 Å². The molecule has 0 aromatic heterocycles. The summed E-state index contributed by atoms with van der Waals surface area (Å²) in [5.74, 6) is 0. The molecule has 0 saturated heterocycles. The number of thioether (sulfide) groups is 1. The lowest BCUT2D eigenvalue weighted by atomic mass is 10.0. The van der Waals surface area contributed by atoms with E-state index >= 15 is 0 Å². The third-order valence-corrected chi connectivity index (χ3v) is 4.20. The molecule has 2 N–H and O–H groups in total. The lowest BCUT2D eigenvalue weighted by Gasteiger charge is -2.22. The van der Waals surface area contributed by atoms with E-state index in [4.69, 9.17) is 0 Å². The van der Waals surface area contributed by atoms with Gasteiger partial charge < -0.3 is 10.4 Å². The largest absolute Gasteiger partial charge is 0.394 e. The highest BCUT2D eigenvalue weighted by molar-refractivity contribution is 7.98. The summed E-state index contributed by atoms with van der Waals surface area (Å²) in [4.78, 5) is 1.27. The van der Waals surface area contributed by atoms with E-state index in [9.17, 15) is 5.11 Å². The molecule has 0 fully saturated rings. The third kappa shape index (κ3) is 3.85. The van der Waals surface area contributed by atoms with Crippen molar-refractivity contribution in [3.8, 4) is 0 Å². The van der Waals surface area contributed by atoms with Crippen molar-refractivity contribution in [2.45, 2.75) is 23.9 Å². The van der Waals surface area contributed by atoms with Crippen molar-refractivity contribution in [1.82, 2.24) is 5.32 Å². The van der Waals surface area contributed by atoms with Crippen molar-refractivity contribution in [1.29, 1.82) is 0 Å². The Balaban J connectivity index is 2.06. The minimum atomic E-state index is -0.0357. The molecule has 2 aromatic carbocycles. The maximum Gasteiger partial charge on any atom is 0.0626 e. The molecular weight excluding hydrogens is 266 g/mol. The first-order chi connectivity index (χ1) is 9.74. The Hall–Kier alpha value is -1.29. The Kier molecular flexibility index (Phi) is 5.65. The summed E-state index contributed by atoms with van der Waals surface area (Å²) in [6.07, 6.45) is 2.08. The molecule has 2 rings (SSSR count). The van der Waals surface area contributed by atoms with Gasteiger partial charge in [0.25, 0.3) is 0 Å². The van der Waals surface area contributed by atoms with Crippen LogP contribution in [-0.4, -0.2) is 18.0 Å². The molecule has 2 aromatic rings. The molecule has 0 aliphatic carbocycles. The third-order valence-electron chi connectivity index (χ3n) is 3.45. The van der Waals surface area contributed by atoms with Crippen LogP contribution < -0.4 is 5.32 Å². The van der Waals surface area contributed by atoms with Crippen LogP contribution in [0.25, 0.3) is 0 Å². The number of aliphatic hydroxyl groups excluding tert-OH is 1. The predicted molar refractivity (Wildman–Crippen MR) is 86.0 cm³/mol. The summed E-state index contributed by atoms with van der Waals surface area (Å²) in [6.45, 7) is 2.22. The number of hydrogen-bond acceptors (Lipinski definition) is 3. The summed E-state index contributed by atoms with van der Waals surface area (Å²) in [7, 11) is 0. The zero-order chi connectivity index (χ0) is 14.4. The van der Waals surface area contributed by atoms with Gasteiger partial charge in [0.15, 0.2) is 0 Å². The van der Waals surface area contributed by atoms with Gasteiger partial charge in [-0.15, -0.1) is 11.8 Å². The molecule has 0 bridgehead atoms. The van der Waals surface area contributed by atoms with Crippen molar-refractivity contribution >= 4 is 11.8 Å². The van der Waals surface area contributed by atoms with Gasteiger partial charge in [0, 0.05) is 10.9 Å². The quantitative estimate of drug-likeness (QED) is 0.793. The van der Waals surface area contributed by atoms with E-state index in [1.165, 1.54) is 10.5 Å². The fraction of sp³-hybridized carbons (Fsp3) is 0.294. The van der Waals surface area contributed by atoms with Crippen molar-refractivity contribution < 1.29 is 5.11 Å². The maximum absolute atomic E-state index is 9.59. The van der Waals surface area contributed by atoms with Crippen molar-refractivity contribution in [2.75, 3.05) is 12.9 Å². The van der Waals surface area contributed by atoms with Gasteiger partial charge >= 0.3 is 0 Å². The second-order valence-corrected chi connectivity index (χ2v) is 5.69. The SMILES string of the molecule is CSc1ccc(C(C)NC(CO)c2ccccc2)cc1. The lowest BCUT2D eigenvalue weighted by Crippen LogP contribution is -2.27.